The monoisotopic (exact) mass is 289 g/mol. The molecule has 0 saturated carbocycles. The highest BCUT2D eigenvalue weighted by molar-refractivity contribution is 5.42. The van der Waals surface area contributed by atoms with Gasteiger partial charge in [-0.2, -0.15) is 23.1 Å². The standard InChI is InChI=1S/C9H10F3N7O/c10-9(11,12)5-3-6(18-8(17-5)19-13)14-2-1-7-15-4-16-20-7/h3-4H,1-2,13H2,(H2,14,17,18,19). The van der Waals surface area contributed by atoms with Gasteiger partial charge in [0.25, 0.3) is 0 Å². The molecular formula is C9H10F3N7O. The van der Waals surface area contributed by atoms with Gasteiger partial charge in [-0.1, -0.05) is 5.16 Å². The van der Waals surface area contributed by atoms with Gasteiger partial charge in [0.15, 0.2) is 12.0 Å². The Morgan fingerprint density at radius 2 is 2.10 bits per heavy atom. The van der Waals surface area contributed by atoms with Crippen LogP contribution in [-0.2, 0) is 12.6 Å². The SMILES string of the molecule is NNc1nc(NCCc2ncno2)cc(C(F)(F)F)n1. The number of nitrogen functional groups attached to an aromatic ring is 1. The van der Waals surface area contributed by atoms with E-state index in [1.54, 1.807) is 0 Å². The van der Waals surface area contributed by atoms with Gasteiger partial charge in [-0.15, -0.1) is 0 Å². The van der Waals surface area contributed by atoms with E-state index in [4.69, 9.17) is 10.4 Å². The summed E-state index contributed by atoms with van der Waals surface area (Å²) in [5.41, 5.74) is 0.884. The number of nitrogens with one attached hydrogen (secondary N) is 2. The molecule has 0 amide bonds. The maximum atomic E-state index is 12.6. The predicted octanol–water partition coefficient (Wildman–Crippen LogP) is 0.819. The van der Waals surface area contributed by atoms with Crippen molar-refractivity contribution >= 4 is 11.8 Å². The number of anilines is 2. The minimum Gasteiger partial charge on any atom is -0.369 e. The van der Waals surface area contributed by atoms with Crippen LogP contribution in [0.5, 0.6) is 0 Å². The van der Waals surface area contributed by atoms with E-state index in [9.17, 15) is 13.2 Å². The van der Waals surface area contributed by atoms with Crippen molar-refractivity contribution in [2.45, 2.75) is 12.6 Å². The molecule has 0 radical (unpaired) electrons. The molecule has 0 unspecified atom stereocenters. The Morgan fingerprint density at radius 1 is 1.30 bits per heavy atom. The first-order valence-corrected chi connectivity index (χ1v) is 5.41. The Hall–Kier alpha value is -2.43. The Balaban J connectivity index is 2.06. The lowest BCUT2D eigenvalue weighted by Crippen LogP contribution is -2.17. The number of hydrazine groups is 1. The number of rotatable bonds is 5. The van der Waals surface area contributed by atoms with Crippen LogP contribution in [0, 0.1) is 0 Å². The third-order valence-electron chi connectivity index (χ3n) is 2.20. The molecule has 2 rings (SSSR count). The Labute approximate surface area is 110 Å². The molecule has 0 bridgehead atoms. The van der Waals surface area contributed by atoms with Crippen molar-refractivity contribution in [1.29, 1.82) is 0 Å². The molecule has 0 fully saturated rings. The molecule has 0 aromatic carbocycles. The van der Waals surface area contributed by atoms with Crippen LogP contribution in [0.4, 0.5) is 24.9 Å². The van der Waals surface area contributed by atoms with Crippen LogP contribution in [0.25, 0.3) is 0 Å². The molecule has 2 aromatic heterocycles. The first kappa shape index (κ1) is 14.0. The van der Waals surface area contributed by atoms with Gasteiger partial charge in [0.1, 0.15) is 5.82 Å². The van der Waals surface area contributed by atoms with Crippen molar-refractivity contribution in [1.82, 2.24) is 20.1 Å². The molecule has 4 N–H and O–H groups in total. The van der Waals surface area contributed by atoms with Crippen molar-refractivity contribution in [2.75, 3.05) is 17.3 Å². The Bertz CT molecular complexity index is 557. The van der Waals surface area contributed by atoms with Crippen LogP contribution in [0.3, 0.4) is 0 Å². The number of halogens is 3. The van der Waals surface area contributed by atoms with Crippen molar-refractivity contribution in [2.24, 2.45) is 5.84 Å². The summed E-state index contributed by atoms with van der Waals surface area (Å²) >= 11 is 0. The summed E-state index contributed by atoms with van der Waals surface area (Å²) in [6.07, 6.45) is -3.01. The van der Waals surface area contributed by atoms with Gasteiger partial charge < -0.3 is 9.84 Å². The van der Waals surface area contributed by atoms with Crippen LogP contribution in [0.15, 0.2) is 16.9 Å². The molecule has 8 nitrogen and oxygen atoms in total. The van der Waals surface area contributed by atoms with Gasteiger partial charge >= 0.3 is 6.18 Å². The van der Waals surface area contributed by atoms with Crippen LogP contribution < -0.4 is 16.6 Å². The summed E-state index contributed by atoms with van der Waals surface area (Å²) in [6, 6.07) is 0.786. The van der Waals surface area contributed by atoms with Gasteiger partial charge in [-0.3, -0.25) is 5.43 Å². The van der Waals surface area contributed by atoms with Gasteiger partial charge in [0.05, 0.1) is 0 Å². The zero-order valence-electron chi connectivity index (χ0n) is 9.98. The first-order valence-electron chi connectivity index (χ1n) is 5.41. The van der Waals surface area contributed by atoms with Crippen molar-refractivity contribution in [3.05, 3.63) is 24.0 Å². The molecule has 0 aliphatic carbocycles. The second-order valence-electron chi connectivity index (χ2n) is 3.62. The molecule has 2 aromatic rings. The van der Waals surface area contributed by atoms with Crippen LogP contribution >= 0.6 is 0 Å². The summed E-state index contributed by atoms with van der Waals surface area (Å²) < 4.78 is 42.6. The Kier molecular flexibility index (Phi) is 3.98. The third-order valence-corrected chi connectivity index (χ3v) is 2.20. The zero-order chi connectivity index (χ0) is 14.6. The normalized spacial score (nSPS) is 11.4. The molecule has 11 heteroatoms. The molecule has 0 aliphatic rings. The number of alkyl halides is 3. The molecule has 0 aliphatic heterocycles. The summed E-state index contributed by atoms with van der Waals surface area (Å²) in [6.45, 7) is 0.264. The number of aromatic nitrogens is 4. The first-order chi connectivity index (χ1) is 9.49. The Morgan fingerprint density at radius 3 is 2.70 bits per heavy atom. The average molecular weight is 289 g/mol. The van der Waals surface area contributed by atoms with Crippen molar-refractivity contribution in [3.63, 3.8) is 0 Å². The highest BCUT2D eigenvalue weighted by Gasteiger charge is 2.33. The minimum atomic E-state index is -4.59. The number of nitrogens with two attached hydrogens (primary N) is 1. The largest absolute Gasteiger partial charge is 0.433 e. The van der Waals surface area contributed by atoms with E-state index in [2.05, 4.69) is 25.4 Å². The lowest BCUT2D eigenvalue weighted by atomic mass is 10.3. The van der Waals surface area contributed by atoms with Crippen LogP contribution in [0.1, 0.15) is 11.6 Å². The van der Waals surface area contributed by atoms with Crippen molar-refractivity contribution in [3.8, 4) is 0 Å². The summed E-state index contributed by atoms with van der Waals surface area (Å²) in [5, 5.41) is 6.10. The van der Waals surface area contributed by atoms with E-state index in [1.165, 1.54) is 6.33 Å². The average Bonchev–Trinajstić information content (AvgIpc) is 2.90. The predicted molar refractivity (Wildman–Crippen MR) is 61.3 cm³/mol. The smallest absolute Gasteiger partial charge is 0.369 e. The number of hydrogen-bond acceptors (Lipinski definition) is 8. The van der Waals surface area contributed by atoms with Crippen LogP contribution in [-0.4, -0.2) is 26.7 Å². The lowest BCUT2D eigenvalue weighted by Gasteiger charge is -2.10. The molecular weight excluding hydrogens is 279 g/mol. The number of hydrogen-bond donors (Lipinski definition) is 3. The van der Waals surface area contributed by atoms with Gasteiger partial charge in [0.2, 0.25) is 11.8 Å². The van der Waals surface area contributed by atoms with E-state index in [0.717, 1.165) is 6.07 Å². The minimum absolute atomic E-state index is 0.0141. The molecule has 20 heavy (non-hydrogen) atoms. The topological polar surface area (TPSA) is 115 Å². The fraction of sp³-hybridized carbons (Fsp3) is 0.333. The van der Waals surface area contributed by atoms with Crippen molar-refractivity contribution < 1.29 is 17.7 Å². The number of nitrogens with zero attached hydrogens (tertiary/aromatic N) is 4. The lowest BCUT2D eigenvalue weighted by molar-refractivity contribution is -0.141. The van der Waals surface area contributed by atoms with E-state index >= 15 is 0 Å². The highest BCUT2D eigenvalue weighted by atomic mass is 19.4. The molecule has 0 spiro atoms. The van der Waals surface area contributed by atoms with Crippen LogP contribution in [0.2, 0.25) is 0 Å². The summed E-state index contributed by atoms with van der Waals surface area (Å²) in [5.74, 6) is 5.05. The molecule has 0 saturated heterocycles. The van der Waals surface area contributed by atoms with Gasteiger partial charge in [-0.05, 0) is 0 Å². The van der Waals surface area contributed by atoms with E-state index in [1.807, 2.05) is 5.43 Å². The summed E-state index contributed by atoms with van der Waals surface area (Å²) in [7, 11) is 0. The molecule has 2 heterocycles. The molecule has 0 atom stereocenters. The van der Waals surface area contributed by atoms with Gasteiger partial charge in [0, 0.05) is 19.0 Å². The maximum absolute atomic E-state index is 12.6. The highest BCUT2D eigenvalue weighted by Crippen LogP contribution is 2.29. The molecule has 108 valence electrons. The quantitative estimate of drug-likeness (QED) is 0.547. The van der Waals surface area contributed by atoms with E-state index in [0.29, 0.717) is 12.3 Å². The fourth-order valence-corrected chi connectivity index (χ4v) is 1.35. The summed E-state index contributed by atoms with van der Waals surface area (Å²) in [4.78, 5) is 10.8. The van der Waals surface area contributed by atoms with E-state index in [-0.39, 0.29) is 18.3 Å². The maximum Gasteiger partial charge on any atom is 0.433 e. The fourth-order valence-electron chi connectivity index (χ4n) is 1.35. The zero-order valence-corrected chi connectivity index (χ0v) is 9.98. The van der Waals surface area contributed by atoms with E-state index < -0.39 is 11.9 Å². The third kappa shape index (κ3) is 3.54. The second kappa shape index (κ2) is 5.69. The van der Waals surface area contributed by atoms with Gasteiger partial charge in [-0.25, -0.2) is 10.8 Å². The second-order valence-corrected chi connectivity index (χ2v) is 3.62.